The fourth-order valence-corrected chi connectivity index (χ4v) is 4.36. The van der Waals surface area contributed by atoms with Crippen molar-refractivity contribution in [1.29, 1.82) is 0 Å². The van der Waals surface area contributed by atoms with Crippen molar-refractivity contribution in [3.63, 3.8) is 0 Å². The predicted octanol–water partition coefficient (Wildman–Crippen LogP) is 3.36. The van der Waals surface area contributed by atoms with Gasteiger partial charge in [-0.25, -0.2) is 4.98 Å². The highest BCUT2D eigenvalue weighted by molar-refractivity contribution is 7.99. The van der Waals surface area contributed by atoms with E-state index in [1.54, 1.807) is 21.3 Å². The smallest absolute Gasteiger partial charge is 0.230 e. The molecular formula is C21H30N4O4S. The average molecular weight is 435 g/mol. The molecule has 0 spiro atoms. The molecule has 0 radical (unpaired) electrons. The molecule has 0 atom stereocenters. The summed E-state index contributed by atoms with van der Waals surface area (Å²) in [6, 6.07) is 3.64. The molecule has 1 aliphatic rings. The fourth-order valence-electron chi connectivity index (χ4n) is 3.71. The Balaban J connectivity index is 1.45. The number of hydrogen-bond acceptors (Lipinski definition) is 7. The highest BCUT2D eigenvalue weighted by atomic mass is 32.2. The van der Waals surface area contributed by atoms with Gasteiger partial charge >= 0.3 is 0 Å². The van der Waals surface area contributed by atoms with E-state index in [1.165, 1.54) is 37.4 Å². The summed E-state index contributed by atoms with van der Waals surface area (Å²) in [6.45, 7) is 0.358. The molecule has 0 saturated heterocycles. The minimum Gasteiger partial charge on any atom is -0.493 e. The van der Waals surface area contributed by atoms with Gasteiger partial charge < -0.3 is 19.5 Å². The number of amides is 1. The van der Waals surface area contributed by atoms with Gasteiger partial charge in [0.1, 0.15) is 5.82 Å². The van der Waals surface area contributed by atoms with E-state index in [1.807, 2.05) is 12.1 Å². The maximum absolute atomic E-state index is 12.2. The normalized spacial score (nSPS) is 14.0. The minimum absolute atomic E-state index is 0.0916. The Kier molecular flexibility index (Phi) is 8.24. The Morgan fingerprint density at radius 1 is 1.17 bits per heavy atom. The van der Waals surface area contributed by atoms with E-state index in [4.69, 9.17) is 14.2 Å². The summed E-state index contributed by atoms with van der Waals surface area (Å²) in [5, 5.41) is 10.7. The van der Waals surface area contributed by atoms with Crippen LogP contribution in [0.3, 0.4) is 0 Å². The quantitative estimate of drug-likeness (QED) is 0.523. The van der Waals surface area contributed by atoms with E-state index >= 15 is 0 Å². The average Bonchev–Trinajstić information content (AvgIpc) is 3.45. The number of carbonyl (C=O) groups excluding carboxylic acids is 1. The highest BCUT2D eigenvalue weighted by Gasteiger charge is 2.16. The highest BCUT2D eigenvalue weighted by Crippen LogP contribution is 2.38. The molecule has 1 fully saturated rings. The van der Waals surface area contributed by atoms with E-state index in [2.05, 4.69) is 20.5 Å². The van der Waals surface area contributed by atoms with Gasteiger partial charge in [0, 0.05) is 13.0 Å². The van der Waals surface area contributed by atoms with Crippen molar-refractivity contribution in [2.24, 2.45) is 5.92 Å². The molecule has 1 aliphatic carbocycles. The van der Waals surface area contributed by atoms with Crippen LogP contribution in [0.15, 0.2) is 17.3 Å². The minimum atomic E-state index is -0.0916. The lowest BCUT2D eigenvalue weighted by molar-refractivity contribution is -0.118. The zero-order valence-corrected chi connectivity index (χ0v) is 18.6. The van der Waals surface area contributed by atoms with Gasteiger partial charge in [0.25, 0.3) is 0 Å². The van der Waals surface area contributed by atoms with Gasteiger partial charge in [-0.2, -0.15) is 0 Å². The molecule has 0 bridgehead atoms. The van der Waals surface area contributed by atoms with Crippen molar-refractivity contribution < 1.29 is 19.0 Å². The molecule has 1 aromatic carbocycles. The van der Waals surface area contributed by atoms with Gasteiger partial charge in [-0.1, -0.05) is 37.4 Å². The largest absolute Gasteiger partial charge is 0.493 e. The second-order valence-corrected chi connectivity index (χ2v) is 8.30. The summed E-state index contributed by atoms with van der Waals surface area (Å²) in [4.78, 5) is 16.7. The number of nitrogens with one attached hydrogen (secondary N) is 2. The lowest BCUT2D eigenvalue weighted by atomic mass is 10.0. The van der Waals surface area contributed by atoms with Crippen molar-refractivity contribution >= 4 is 17.7 Å². The Bertz CT molecular complexity index is 811. The number of benzene rings is 1. The number of hydrogen-bond donors (Lipinski definition) is 2. The fraction of sp³-hybridized carbons (Fsp3) is 0.571. The van der Waals surface area contributed by atoms with E-state index in [0.29, 0.717) is 28.9 Å². The summed E-state index contributed by atoms with van der Waals surface area (Å²) in [6.07, 6.45) is 7.46. The molecule has 1 aromatic heterocycles. The first kappa shape index (κ1) is 22.3. The Morgan fingerprint density at radius 3 is 2.50 bits per heavy atom. The number of ether oxygens (including phenoxy) is 3. The summed E-state index contributed by atoms with van der Waals surface area (Å²) in [7, 11) is 4.69. The summed E-state index contributed by atoms with van der Waals surface area (Å²) >= 11 is 1.33. The molecule has 1 heterocycles. The SMILES string of the molecule is COc1cc(CNC(=O)CSc2n[nH]c(CCC3CCCC3)n2)cc(OC)c1OC. The number of aromatic amines is 1. The Morgan fingerprint density at radius 2 is 1.87 bits per heavy atom. The van der Waals surface area contributed by atoms with Crippen LogP contribution in [0.4, 0.5) is 0 Å². The number of methoxy groups -OCH3 is 3. The molecule has 30 heavy (non-hydrogen) atoms. The molecule has 1 saturated carbocycles. The summed E-state index contributed by atoms with van der Waals surface area (Å²) < 4.78 is 16.0. The van der Waals surface area contributed by atoms with Crippen LogP contribution in [0.1, 0.15) is 43.5 Å². The van der Waals surface area contributed by atoms with Crippen molar-refractivity contribution in [2.75, 3.05) is 27.1 Å². The number of nitrogens with zero attached hydrogens (tertiary/aromatic N) is 2. The maximum Gasteiger partial charge on any atom is 0.230 e. The van der Waals surface area contributed by atoms with Crippen molar-refractivity contribution in [2.45, 2.75) is 50.2 Å². The van der Waals surface area contributed by atoms with Crippen LogP contribution >= 0.6 is 11.8 Å². The number of aromatic nitrogens is 3. The monoisotopic (exact) mass is 434 g/mol. The first-order chi connectivity index (χ1) is 14.6. The molecule has 1 amide bonds. The molecular weight excluding hydrogens is 404 g/mol. The van der Waals surface area contributed by atoms with Crippen LogP contribution in [0.25, 0.3) is 0 Å². The Labute approximate surface area is 181 Å². The van der Waals surface area contributed by atoms with Crippen molar-refractivity contribution in [1.82, 2.24) is 20.5 Å². The van der Waals surface area contributed by atoms with Gasteiger partial charge in [0.2, 0.25) is 16.8 Å². The van der Waals surface area contributed by atoms with Crippen LogP contribution in [0, 0.1) is 5.92 Å². The van der Waals surface area contributed by atoms with E-state index < -0.39 is 0 Å². The van der Waals surface area contributed by atoms with Gasteiger partial charge in [0.05, 0.1) is 27.1 Å². The standard InChI is InChI=1S/C21H30N4O4S/c1-27-16-10-15(11-17(28-2)20(16)29-3)12-22-19(26)13-30-21-23-18(24-25-21)9-8-14-6-4-5-7-14/h10-11,14H,4-9,12-13H2,1-3H3,(H,22,26)(H,23,24,25). The topological polar surface area (TPSA) is 98.4 Å². The van der Waals surface area contributed by atoms with Crippen LogP contribution in [0.2, 0.25) is 0 Å². The van der Waals surface area contributed by atoms with Crippen LogP contribution in [-0.2, 0) is 17.8 Å². The molecule has 3 rings (SSSR count). The zero-order valence-electron chi connectivity index (χ0n) is 17.8. The first-order valence-corrected chi connectivity index (χ1v) is 11.2. The molecule has 2 aromatic rings. The number of rotatable bonds is 11. The number of H-pyrrole nitrogens is 1. The van der Waals surface area contributed by atoms with E-state index in [-0.39, 0.29) is 11.7 Å². The van der Waals surface area contributed by atoms with E-state index in [0.717, 1.165) is 30.1 Å². The maximum atomic E-state index is 12.2. The van der Waals surface area contributed by atoms with Crippen molar-refractivity contribution in [3.05, 3.63) is 23.5 Å². The third kappa shape index (κ3) is 6.04. The van der Waals surface area contributed by atoms with Crippen molar-refractivity contribution in [3.8, 4) is 17.2 Å². The lowest BCUT2D eigenvalue weighted by Crippen LogP contribution is -2.24. The van der Waals surface area contributed by atoms with Gasteiger partial charge in [-0.15, -0.1) is 5.10 Å². The molecule has 8 nitrogen and oxygen atoms in total. The van der Waals surface area contributed by atoms with Gasteiger partial charge in [-0.05, 0) is 30.0 Å². The number of thioether (sulfide) groups is 1. The summed E-state index contributed by atoms with van der Waals surface area (Å²) in [5.74, 6) is 3.53. The summed E-state index contributed by atoms with van der Waals surface area (Å²) in [5.41, 5.74) is 0.856. The first-order valence-electron chi connectivity index (χ1n) is 10.2. The Hall–Kier alpha value is -2.42. The van der Waals surface area contributed by atoms with Crippen LogP contribution < -0.4 is 19.5 Å². The van der Waals surface area contributed by atoms with Crippen LogP contribution in [0.5, 0.6) is 17.2 Å². The number of aryl methyl sites for hydroxylation is 1. The van der Waals surface area contributed by atoms with Gasteiger partial charge in [-0.3, -0.25) is 9.89 Å². The molecule has 2 N–H and O–H groups in total. The third-order valence-corrected chi connectivity index (χ3v) is 6.17. The second-order valence-electron chi connectivity index (χ2n) is 7.35. The second kappa shape index (κ2) is 11.1. The lowest BCUT2D eigenvalue weighted by Gasteiger charge is -2.14. The molecule has 0 unspecified atom stereocenters. The van der Waals surface area contributed by atoms with E-state index in [9.17, 15) is 4.79 Å². The molecule has 9 heteroatoms. The third-order valence-electron chi connectivity index (χ3n) is 5.32. The van der Waals surface area contributed by atoms with Gasteiger partial charge in [0.15, 0.2) is 11.5 Å². The van der Waals surface area contributed by atoms with Crippen LogP contribution in [-0.4, -0.2) is 48.2 Å². The molecule has 0 aliphatic heterocycles. The number of carbonyl (C=O) groups is 1. The zero-order chi connectivity index (χ0) is 21.3. The predicted molar refractivity (Wildman–Crippen MR) is 115 cm³/mol. The molecule has 164 valence electrons.